The van der Waals surface area contributed by atoms with Crippen LogP contribution in [0.25, 0.3) is 11.1 Å². The van der Waals surface area contributed by atoms with Gasteiger partial charge < -0.3 is 15.0 Å². The topological polar surface area (TPSA) is 61.3 Å². The summed E-state index contributed by atoms with van der Waals surface area (Å²) in [5.41, 5.74) is 7.50. The predicted octanol–water partition coefficient (Wildman–Crippen LogP) is 2.24. The molecule has 1 aromatic carbocycles. The van der Waals surface area contributed by atoms with Gasteiger partial charge in [0.2, 0.25) is 0 Å². The SMILES string of the molecule is COc1cccc(-c2c(N)noc2C)c1. The second kappa shape index (κ2) is 3.65. The molecule has 0 aliphatic carbocycles. The Kier molecular flexibility index (Phi) is 2.33. The van der Waals surface area contributed by atoms with Crippen molar-refractivity contribution in [2.75, 3.05) is 12.8 Å². The van der Waals surface area contributed by atoms with Gasteiger partial charge >= 0.3 is 0 Å². The third-order valence-corrected chi connectivity index (χ3v) is 2.25. The van der Waals surface area contributed by atoms with Gasteiger partial charge in [-0.2, -0.15) is 0 Å². The van der Waals surface area contributed by atoms with E-state index < -0.39 is 0 Å². The molecule has 1 aromatic heterocycles. The van der Waals surface area contributed by atoms with E-state index in [0.29, 0.717) is 11.6 Å². The number of nitrogens with zero attached hydrogens (tertiary/aromatic N) is 1. The summed E-state index contributed by atoms with van der Waals surface area (Å²) in [6.45, 7) is 1.83. The van der Waals surface area contributed by atoms with Crippen molar-refractivity contribution in [3.05, 3.63) is 30.0 Å². The molecule has 4 heteroatoms. The van der Waals surface area contributed by atoms with Gasteiger partial charge in [0.05, 0.1) is 12.7 Å². The maximum Gasteiger partial charge on any atom is 0.175 e. The van der Waals surface area contributed by atoms with Crippen LogP contribution in [0.1, 0.15) is 5.76 Å². The second-order valence-corrected chi connectivity index (χ2v) is 3.23. The Balaban J connectivity index is 2.53. The van der Waals surface area contributed by atoms with E-state index in [1.165, 1.54) is 0 Å². The van der Waals surface area contributed by atoms with Crippen molar-refractivity contribution in [2.24, 2.45) is 0 Å². The van der Waals surface area contributed by atoms with Crippen LogP contribution in [0.3, 0.4) is 0 Å². The van der Waals surface area contributed by atoms with E-state index in [4.69, 9.17) is 15.0 Å². The van der Waals surface area contributed by atoms with Crippen LogP contribution < -0.4 is 10.5 Å². The lowest BCUT2D eigenvalue weighted by atomic mass is 10.1. The highest BCUT2D eigenvalue weighted by Gasteiger charge is 2.12. The molecule has 0 amide bonds. The molecule has 4 nitrogen and oxygen atoms in total. The lowest BCUT2D eigenvalue weighted by Crippen LogP contribution is -1.89. The van der Waals surface area contributed by atoms with Crippen molar-refractivity contribution in [2.45, 2.75) is 6.92 Å². The normalized spacial score (nSPS) is 10.3. The van der Waals surface area contributed by atoms with Crippen LogP contribution in [0.5, 0.6) is 5.75 Å². The number of anilines is 1. The van der Waals surface area contributed by atoms with Crippen LogP contribution in [0, 0.1) is 6.92 Å². The van der Waals surface area contributed by atoms with Crippen LogP contribution in [-0.4, -0.2) is 12.3 Å². The minimum atomic E-state index is 0.403. The Morgan fingerprint density at radius 2 is 2.20 bits per heavy atom. The molecular weight excluding hydrogens is 192 g/mol. The van der Waals surface area contributed by atoms with E-state index in [9.17, 15) is 0 Å². The van der Waals surface area contributed by atoms with Crippen LogP contribution >= 0.6 is 0 Å². The number of nitrogen functional groups attached to an aromatic ring is 1. The van der Waals surface area contributed by atoms with Gasteiger partial charge in [-0.05, 0) is 24.6 Å². The fourth-order valence-electron chi connectivity index (χ4n) is 1.52. The van der Waals surface area contributed by atoms with E-state index in [-0.39, 0.29) is 0 Å². The van der Waals surface area contributed by atoms with Crippen LogP contribution in [0.2, 0.25) is 0 Å². The summed E-state index contributed by atoms with van der Waals surface area (Å²) in [6.07, 6.45) is 0. The fourth-order valence-corrected chi connectivity index (χ4v) is 1.52. The second-order valence-electron chi connectivity index (χ2n) is 3.23. The van der Waals surface area contributed by atoms with E-state index in [0.717, 1.165) is 16.9 Å². The van der Waals surface area contributed by atoms with Crippen molar-refractivity contribution in [3.8, 4) is 16.9 Å². The van der Waals surface area contributed by atoms with Gasteiger partial charge in [-0.25, -0.2) is 0 Å². The minimum absolute atomic E-state index is 0.403. The standard InChI is InChI=1S/C11H12N2O2/c1-7-10(11(12)13-15-7)8-4-3-5-9(6-8)14-2/h3-6H,1-2H3,(H2,12,13). The summed E-state index contributed by atoms with van der Waals surface area (Å²) in [4.78, 5) is 0. The highest BCUT2D eigenvalue weighted by Crippen LogP contribution is 2.30. The van der Waals surface area contributed by atoms with E-state index >= 15 is 0 Å². The number of aryl methyl sites for hydroxylation is 1. The molecule has 0 bridgehead atoms. The van der Waals surface area contributed by atoms with Crippen molar-refractivity contribution in [1.82, 2.24) is 5.16 Å². The summed E-state index contributed by atoms with van der Waals surface area (Å²) in [7, 11) is 1.63. The number of aromatic nitrogens is 1. The summed E-state index contributed by atoms with van der Waals surface area (Å²) in [5.74, 6) is 1.90. The molecule has 0 saturated heterocycles. The zero-order valence-corrected chi connectivity index (χ0v) is 8.65. The predicted molar refractivity (Wildman–Crippen MR) is 57.6 cm³/mol. The van der Waals surface area contributed by atoms with Gasteiger partial charge in [-0.1, -0.05) is 17.3 Å². The molecule has 2 rings (SSSR count). The molecule has 0 saturated carbocycles. The molecule has 1 heterocycles. The van der Waals surface area contributed by atoms with Gasteiger partial charge in [0, 0.05) is 0 Å². The van der Waals surface area contributed by atoms with Gasteiger partial charge in [-0.15, -0.1) is 0 Å². The molecule has 0 atom stereocenters. The molecule has 0 spiro atoms. The molecule has 0 fully saturated rings. The molecule has 0 aliphatic rings. The number of nitrogens with two attached hydrogens (primary N) is 1. The molecule has 78 valence electrons. The molecule has 2 aromatic rings. The van der Waals surface area contributed by atoms with Crippen LogP contribution in [-0.2, 0) is 0 Å². The van der Waals surface area contributed by atoms with Gasteiger partial charge in [-0.3, -0.25) is 0 Å². The highest BCUT2D eigenvalue weighted by molar-refractivity contribution is 5.76. The smallest absolute Gasteiger partial charge is 0.175 e. The minimum Gasteiger partial charge on any atom is -0.497 e. The Labute approximate surface area is 87.6 Å². The number of ether oxygens (including phenoxy) is 1. The molecule has 0 radical (unpaired) electrons. The molecule has 15 heavy (non-hydrogen) atoms. The molecule has 0 aliphatic heterocycles. The maximum absolute atomic E-state index is 5.72. The van der Waals surface area contributed by atoms with Crippen LogP contribution in [0.4, 0.5) is 5.82 Å². The lowest BCUT2D eigenvalue weighted by Gasteiger charge is -2.03. The highest BCUT2D eigenvalue weighted by atomic mass is 16.5. The van der Waals surface area contributed by atoms with E-state index in [2.05, 4.69) is 5.16 Å². The van der Waals surface area contributed by atoms with Crippen molar-refractivity contribution in [1.29, 1.82) is 0 Å². The number of methoxy groups -OCH3 is 1. The molecule has 2 N–H and O–H groups in total. The van der Waals surface area contributed by atoms with Crippen molar-refractivity contribution < 1.29 is 9.26 Å². The quantitative estimate of drug-likeness (QED) is 0.814. The first-order valence-electron chi connectivity index (χ1n) is 4.58. The first-order valence-corrected chi connectivity index (χ1v) is 4.58. The third-order valence-electron chi connectivity index (χ3n) is 2.25. The Morgan fingerprint density at radius 3 is 2.80 bits per heavy atom. The summed E-state index contributed by atoms with van der Waals surface area (Å²) in [5, 5.41) is 3.71. The molecule has 0 unspecified atom stereocenters. The van der Waals surface area contributed by atoms with E-state index in [1.54, 1.807) is 7.11 Å². The molecular formula is C11H12N2O2. The summed E-state index contributed by atoms with van der Waals surface area (Å²) >= 11 is 0. The first kappa shape index (κ1) is 9.58. The monoisotopic (exact) mass is 204 g/mol. The van der Waals surface area contributed by atoms with Gasteiger partial charge in [0.1, 0.15) is 11.5 Å². The van der Waals surface area contributed by atoms with Gasteiger partial charge in [0.25, 0.3) is 0 Å². The fraction of sp³-hybridized carbons (Fsp3) is 0.182. The lowest BCUT2D eigenvalue weighted by molar-refractivity contribution is 0.401. The van der Waals surface area contributed by atoms with Crippen molar-refractivity contribution >= 4 is 5.82 Å². The average Bonchev–Trinajstić information content (AvgIpc) is 2.59. The zero-order chi connectivity index (χ0) is 10.8. The zero-order valence-electron chi connectivity index (χ0n) is 8.65. The number of rotatable bonds is 2. The number of hydrogen-bond donors (Lipinski definition) is 1. The Bertz CT molecular complexity index is 458. The summed E-state index contributed by atoms with van der Waals surface area (Å²) in [6, 6.07) is 7.62. The summed E-state index contributed by atoms with van der Waals surface area (Å²) < 4.78 is 10.1. The Hall–Kier alpha value is -1.97. The number of hydrogen-bond acceptors (Lipinski definition) is 4. The largest absolute Gasteiger partial charge is 0.497 e. The van der Waals surface area contributed by atoms with E-state index in [1.807, 2.05) is 31.2 Å². The van der Waals surface area contributed by atoms with Gasteiger partial charge in [0.15, 0.2) is 5.82 Å². The first-order chi connectivity index (χ1) is 7.22. The number of benzene rings is 1. The van der Waals surface area contributed by atoms with Crippen molar-refractivity contribution in [3.63, 3.8) is 0 Å². The Morgan fingerprint density at radius 1 is 1.40 bits per heavy atom. The third kappa shape index (κ3) is 1.66. The maximum atomic E-state index is 5.72. The average molecular weight is 204 g/mol. The van der Waals surface area contributed by atoms with Crippen LogP contribution in [0.15, 0.2) is 28.8 Å².